The molecule has 0 aliphatic carbocycles. The summed E-state index contributed by atoms with van der Waals surface area (Å²) in [6.45, 7) is 6.92. The maximum atomic E-state index is 13.8. The highest BCUT2D eigenvalue weighted by Gasteiger charge is 2.42. The highest BCUT2D eigenvalue weighted by Crippen LogP contribution is 2.46. The average Bonchev–Trinajstić information content (AvgIpc) is 3.44. The molecule has 4 aromatic rings. The summed E-state index contributed by atoms with van der Waals surface area (Å²) in [5, 5.41) is 18.5. The van der Waals surface area contributed by atoms with Gasteiger partial charge in [-0.1, -0.05) is 37.3 Å². The Morgan fingerprint density at radius 3 is 2.57 bits per heavy atom. The summed E-state index contributed by atoms with van der Waals surface area (Å²) in [4.78, 5) is 15.6. The number of aromatic hydroxyl groups is 1. The van der Waals surface area contributed by atoms with Crippen LogP contribution in [0.3, 0.4) is 0 Å². The molecule has 1 aliphatic heterocycles. The third kappa shape index (κ3) is 4.53. The van der Waals surface area contributed by atoms with Crippen molar-refractivity contribution in [3.8, 4) is 28.5 Å². The van der Waals surface area contributed by atoms with Crippen molar-refractivity contribution in [3.05, 3.63) is 94.2 Å². The van der Waals surface area contributed by atoms with Crippen molar-refractivity contribution in [3.63, 3.8) is 0 Å². The second-order valence-electron chi connectivity index (χ2n) is 9.44. The van der Waals surface area contributed by atoms with Crippen LogP contribution in [0.15, 0.2) is 60.7 Å². The molecule has 0 saturated carbocycles. The van der Waals surface area contributed by atoms with Crippen LogP contribution in [-0.4, -0.2) is 39.8 Å². The van der Waals surface area contributed by atoms with Crippen LogP contribution in [0.1, 0.15) is 57.7 Å². The highest BCUT2D eigenvalue weighted by molar-refractivity contribution is 6.00. The van der Waals surface area contributed by atoms with Gasteiger partial charge < -0.3 is 19.5 Å². The van der Waals surface area contributed by atoms with Gasteiger partial charge in [-0.05, 0) is 72.9 Å². The fourth-order valence-electron chi connectivity index (χ4n) is 4.97. The Balaban J connectivity index is 1.64. The number of hydrogen-bond donors (Lipinski definition) is 2. The molecule has 0 radical (unpaired) electrons. The van der Waals surface area contributed by atoms with E-state index in [1.165, 1.54) is 0 Å². The smallest absolute Gasteiger partial charge is 0.273 e. The monoisotopic (exact) mass is 497 g/mol. The number of H-pyrrole nitrogens is 1. The van der Waals surface area contributed by atoms with Gasteiger partial charge in [0, 0.05) is 17.7 Å². The van der Waals surface area contributed by atoms with Crippen molar-refractivity contribution in [2.75, 3.05) is 13.7 Å². The second kappa shape index (κ2) is 10.0. The topological polar surface area (TPSA) is 87.7 Å². The number of aryl methyl sites for hydroxylation is 2. The molecule has 5 rings (SSSR count). The number of phenols is 1. The lowest BCUT2D eigenvalue weighted by atomic mass is 9.94. The SMILES string of the molecule is CCCOc1cccc(C2c3c(-c4cc(C)cc(C)c4O)n[nH]c3C(=O)N2Cc2ccc(OC)cc2)c1. The van der Waals surface area contributed by atoms with Gasteiger partial charge in [-0.15, -0.1) is 0 Å². The Labute approximate surface area is 216 Å². The Kier molecular flexibility index (Phi) is 6.61. The van der Waals surface area contributed by atoms with Gasteiger partial charge in [0.05, 0.1) is 19.8 Å². The number of benzene rings is 3. The van der Waals surface area contributed by atoms with Crippen molar-refractivity contribution in [1.29, 1.82) is 0 Å². The van der Waals surface area contributed by atoms with Crippen molar-refractivity contribution in [1.82, 2.24) is 15.1 Å². The van der Waals surface area contributed by atoms with E-state index in [0.29, 0.717) is 30.1 Å². The first-order valence-corrected chi connectivity index (χ1v) is 12.5. The fraction of sp³-hybridized carbons (Fsp3) is 0.267. The minimum Gasteiger partial charge on any atom is -0.507 e. The molecule has 3 aromatic carbocycles. The number of hydrogen-bond acceptors (Lipinski definition) is 5. The highest BCUT2D eigenvalue weighted by atomic mass is 16.5. The van der Waals surface area contributed by atoms with Crippen LogP contribution in [0.25, 0.3) is 11.3 Å². The summed E-state index contributed by atoms with van der Waals surface area (Å²) in [5.74, 6) is 1.54. The molecule has 0 fully saturated rings. The van der Waals surface area contributed by atoms with Gasteiger partial charge in [-0.2, -0.15) is 5.10 Å². The zero-order valence-electron chi connectivity index (χ0n) is 21.5. The third-order valence-corrected chi connectivity index (χ3v) is 6.72. The Morgan fingerprint density at radius 2 is 1.84 bits per heavy atom. The van der Waals surface area contributed by atoms with Gasteiger partial charge in [0.1, 0.15) is 28.6 Å². The van der Waals surface area contributed by atoms with Crippen molar-refractivity contribution < 1.29 is 19.4 Å². The number of rotatable bonds is 8. The number of ether oxygens (including phenoxy) is 2. The van der Waals surface area contributed by atoms with Gasteiger partial charge >= 0.3 is 0 Å². The van der Waals surface area contributed by atoms with Crippen molar-refractivity contribution >= 4 is 5.91 Å². The number of phenolic OH excluding ortho intramolecular Hbond substituents is 1. The van der Waals surface area contributed by atoms with Crippen molar-refractivity contribution in [2.24, 2.45) is 0 Å². The van der Waals surface area contributed by atoms with E-state index in [1.54, 1.807) is 7.11 Å². The number of amides is 1. The molecule has 7 nitrogen and oxygen atoms in total. The zero-order valence-corrected chi connectivity index (χ0v) is 21.5. The largest absolute Gasteiger partial charge is 0.507 e. The van der Waals surface area contributed by atoms with Gasteiger partial charge in [0.15, 0.2) is 0 Å². The molecule has 0 spiro atoms. The van der Waals surface area contributed by atoms with Gasteiger partial charge in [0.25, 0.3) is 5.91 Å². The summed E-state index contributed by atoms with van der Waals surface area (Å²) < 4.78 is 11.2. The van der Waals surface area contributed by atoms with E-state index >= 15 is 0 Å². The number of carbonyl (C=O) groups is 1. The molecule has 2 N–H and O–H groups in total. The maximum Gasteiger partial charge on any atom is 0.273 e. The van der Waals surface area contributed by atoms with Crippen LogP contribution in [0.4, 0.5) is 0 Å². The molecule has 190 valence electrons. The van der Waals surface area contributed by atoms with E-state index in [-0.39, 0.29) is 11.7 Å². The first kappa shape index (κ1) is 24.4. The summed E-state index contributed by atoms with van der Waals surface area (Å²) >= 11 is 0. The molecule has 2 heterocycles. The first-order valence-electron chi connectivity index (χ1n) is 12.5. The van der Waals surface area contributed by atoms with Crippen LogP contribution in [-0.2, 0) is 6.54 Å². The van der Waals surface area contributed by atoms with Crippen LogP contribution in [0, 0.1) is 13.8 Å². The van der Waals surface area contributed by atoms with E-state index in [9.17, 15) is 9.90 Å². The molecule has 37 heavy (non-hydrogen) atoms. The third-order valence-electron chi connectivity index (χ3n) is 6.72. The maximum absolute atomic E-state index is 13.8. The molecule has 1 unspecified atom stereocenters. The number of carbonyl (C=O) groups excluding carboxylic acids is 1. The molecular formula is C30H31N3O4. The predicted octanol–water partition coefficient (Wildman–Crippen LogP) is 5.94. The summed E-state index contributed by atoms with van der Waals surface area (Å²) in [7, 11) is 1.63. The van der Waals surface area contributed by atoms with Gasteiger partial charge in [-0.25, -0.2) is 0 Å². The van der Waals surface area contributed by atoms with Crippen LogP contribution >= 0.6 is 0 Å². The fourth-order valence-corrected chi connectivity index (χ4v) is 4.97. The Morgan fingerprint density at radius 1 is 1.05 bits per heavy atom. The van der Waals surface area contributed by atoms with E-state index in [1.807, 2.05) is 79.4 Å². The van der Waals surface area contributed by atoms with Crippen molar-refractivity contribution in [2.45, 2.75) is 39.8 Å². The summed E-state index contributed by atoms with van der Waals surface area (Å²) in [6, 6.07) is 19.0. The van der Waals surface area contributed by atoms with E-state index in [0.717, 1.165) is 45.7 Å². The minimum atomic E-state index is -0.413. The molecule has 0 bridgehead atoms. The van der Waals surface area contributed by atoms with Crippen LogP contribution in [0.2, 0.25) is 0 Å². The number of nitrogens with zero attached hydrogens (tertiary/aromatic N) is 2. The number of aromatic nitrogens is 2. The molecule has 7 heteroatoms. The Hall–Kier alpha value is -4.26. The normalized spacial score (nSPS) is 14.6. The molecule has 1 aromatic heterocycles. The number of nitrogens with one attached hydrogen (secondary N) is 1. The Bertz CT molecular complexity index is 1440. The minimum absolute atomic E-state index is 0.140. The first-order chi connectivity index (χ1) is 17.9. The number of aromatic amines is 1. The lowest BCUT2D eigenvalue weighted by Crippen LogP contribution is -2.29. The lowest BCUT2D eigenvalue weighted by molar-refractivity contribution is 0.0730. The van der Waals surface area contributed by atoms with Crippen LogP contribution < -0.4 is 9.47 Å². The van der Waals surface area contributed by atoms with Gasteiger partial charge in [-0.3, -0.25) is 9.89 Å². The molecular weight excluding hydrogens is 466 g/mol. The summed E-state index contributed by atoms with van der Waals surface area (Å²) in [5.41, 5.74) is 6.04. The molecule has 1 amide bonds. The standard InChI is InChI=1S/C30H31N3O4/c1-5-13-37-23-8-6-7-21(16-23)28-25-26(24-15-18(2)14-19(3)29(24)34)31-32-27(25)30(35)33(28)17-20-9-11-22(36-4)12-10-20/h6-12,14-16,28,34H,5,13,17H2,1-4H3,(H,31,32). The van der Waals surface area contributed by atoms with E-state index in [4.69, 9.17) is 9.47 Å². The molecule has 0 saturated heterocycles. The van der Waals surface area contributed by atoms with E-state index < -0.39 is 6.04 Å². The van der Waals surface area contributed by atoms with Gasteiger partial charge in [0.2, 0.25) is 0 Å². The van der Waals surface area contributed by atoms with Crippen LogP contribution in [0.5, 0.6) is 17.2 Å². The molecule has 1 aliphatic rings. The number of fused-ring (bicyclic) bond motifs is 1. The summed E-state index contributed by atoms with van der Waals surface area (Å²) in [6.07, 6.45) is 0.901. The zero-order chi connectivity index (χ0) is 26.1. The quantitative estimate of drug-likeness (QED) is 0.314. The van der Waals surface area contributed by atoms with E-state index in [2.05, 4.69) is 17.1 Å². The lowest BCUT2D eigenvalue weighted by Gasteiger charge is -2.27. The second-order valence-corrected chi connectivity index (χ2v) is 9.44. The molecule has 1 atom stereocenters. The predicted molar refractivity (Wildman–Crippen MR) is 142 cm³/mol. The number of methoxy groups -OCH3 is 1. The average molecular weight is 498 g/mol.